The van der Waals surface area contributed by atoms with E-state index in [1.807, 2.05) is 24.3 Å². The first-order valence-corrected chi connectivity index (χ1v) is 10.3. The molecule has 0 saturated carbocycles. The standard InChI is InChI=1S/C21H18N3O6P/c25-17-9-8-16(19(26)23-17)24-20(27)14-2-1-3-15(18(14)21(24)28)22-10-12-4-6-13(7-5-12)11-30-31-29/h1-7,16,22H,8-11H2,(H,23,25,26). The summed E-state index contributed by atoms with van der Waals surface area (Å²) in [5.41, 5.74) is 2.73. The summed E-state index contributed by atoms with van der Waals surface area (Å²) in [6, 6.07) is 11.4. The van der Waals surface area contributed by atoms with Crippen molar-refractivity contribution >= 4 is 38.0 Å². The van der Waals surface area contributed by atoms with Crippen LogP contribution < -0.4 is 10.6 Å². The third kappa shape index (κ3) is 4.10. The number of piperidine rings is 1. The van der Waals surface area contributed by atoms with Gasteiger partial charge in [-0.1, -0.05) is 30.3 Å². The van der Waals surface area contributed by atoms with Gasteiger partial charge in [-0.15, -0.1) is 0 Å². The molecule has 0 radical (unpaired) electrons. The molecule has 2 aromatic carbocycles. The summed E-state index contributed by atoms with van der Waals surface area (Å²) in [4.78, 5) is 50.5. The Hall–Kier alpha value is -3.42. The highest BCUT2D eigenvalue weighted by Crippen LogP contribution is 2.32. The molecule has 2 N–H and O–H groups in total. The van der Waals surface area contributed by atoms with E-state index in [1.54, 1.807) is 18.2 Å². The van der Waals surface area contributed by atoms with Gasteiger partial charge in [0.2, 0.25) is 11.8 Å². The van der Waals surface area contributed by atoms with E-state index >= 15 is 0 Å². The average Bonchev–Trinajstić information content (AvgIpc) is 3.02. The molecule has 0 aliphatic carbocycles. The van der Waals surface area contributed by atoms with Crippen molar-refractivity contribution in [1.82, 2.24) is 10.2 Å². The number of carbonyl (C=O) groups is 4. The van der Waals surface area contributed by atoms with Crippen LogP contribution in [-0.2, 0) is 31.8 Å². The first-order valence-electron chi connectivity index (χ1n) is 9.60. The van der Waals surface area contributed by atoms with Crippen molar-refractivity contribution in [3.8, 4) is 0 Å². The Morgan fingerprint density at radius 3 is 2.48 bits per heavy atom. The van der Waals surface area contributed by atoms with Crippen LogP contribution in [0.25, 0.3) is 0 Å². The van der Waals surface area contributed by atoms with Gasteiger partial charge in [0, 0.05) is 18.7 Å². The van der Waals surface area contributed by atoms with Crippen molar-refractivity contribution in [1.29, 1.82) is 0 Å². The van der Waals surface area contributed by atoms with Gasteiger partial charge in [-0.25, -0.2) is 4.57 Å². The summed E-state index contributed by atoms with van der Waals surface area (Å²) in [6.07, 6.45) is 0.186. The summed E-state index contributed by atoms with van der Waals surface area (Å²) >= 11 is 0. The van der Waals surface area contributed by atoms with E-state index in [0.717, 1.165) is 16.0 Å². The molecule has 1 unspecified atom stereocenters. The molecular weight excluding hydrogens is 421 g/mol. The van der Waals surface area contributed by atoms with Crippen molar-refractivity contribution in [2.24, 2.45) is 0 Å². The van der Waals surface area contributed by atoms with Crippen molar-refractivity contribution in [3.05, 3.63) is 64.7 Å². The van der Waals surface area contributed by atoms with E-state index in [4.69, 9.17) is 4.52 Å². The lowest BCUT2D eigenvalue weighted by Gasteiger charge is -2.27. The zero-order chi connectivity index (χ0) is 22.0. The van der Waals surface area contributed by atoms with Crippen molar-refractivity contribution in [2.45, 2.75) is 32.0 Å². The molecule has 9 nitrogen and oxygen atoms in total. The third-order valence-electron chi connectivity index (χ3n) is 5.26. The molecule has 1 saturated heterocycles. The van der Waals surface area contributed by atoms with Gasteiger partial charge < -0.3 is 5.32 Å². The Bertz CT molecular complexity index is 1090. The zero-order valence-electron chi connectivity index (χ0n) is 16.3. The Morgan fingerprint density at radius 2 is 1.77 bits per heavy atom. The van der Waals surface area contributed by atoms with Crippen LogP contribution >= 0.6 is 8.69 Å². The first-order chi connectivity index (χ1) is 15.0. The number of carbonyl (C=O) groups excluding carboxylic acids is 4. The smallest absolute Gasteiger partial charge is 0.327 e. The normalized spacial score (nSPS) is 18.3. The van der Waals surface area contributed by atoms with Gasteiger partial charge in [-0.05, 0) is 29.7 Å². The highest BCUT2D eigenvalue weighted by Gasteiger charge is 2.45. The molecule has 1 atom stereocenters. The Labute approximate surface area is 179 Å². The minimum atomic E-state index is -0.999. The predicted octanol–water partition coefficient (Wildman–Crippen LogP) is 2.42. The van der Waals surface area contributed by atoms with Gasteiger partial charge in [0.05, 0.1) is 17.7 Å². The number of hydrogen-bond donors (Lipinski definition) is 2. The number of fused-ring (bicyclic) bond motifs is 1. The third-order valence-corrected chi connectivity index (χ3v) is 5.49. The van der Waals surface area contributed by atoms with Gasteiger partial charge in [0.1, 0.15) is 6.04 Å². The Balaban J connectivity index is 1.51. The molecule has 2 aliphatic rings. The van der Waals surface area contributed by atoms with E-state index in [2.05, 4.69) is 10.6 Å². The fraction of sp³-hybridized carbons (Fsp3) is 0.238. The molecule has 4 amide bonds. The van der Waals surface area contributed by atoms with Crippen LogP contribution in [0.5, 0.6) is 0 Å². The van der Waals surface area contributed by atoms with Gasteiger partial charge in [-0.2, -0.15) is 0 Å². The van der Waals surface area contributed by atoms with Crippen molar-refractivity contribution in [2.75, 3.05) is 5.32 Å². The monoisotopic (exact) mass is 439 g/mol. The summed E-state index contributed by atoms with van der Waals surface area (Å²) in [6.45, 7) is 0.634. The molecular formula is C21H18N3O6P. The number of benzene rings is 2. The summed E-state index contributed by atoms with van der Waals surface area (Å²) in [7, 11) is -0.374. The molecule has 2 aliphatic heterocycles. The molecule has 2 aromatic rings. The molecule has 158 valence electrons. The van der Waals surface area contributed by atoms with E-state index in [1.165, 1.54) is 0 Å². The van der Waals surface area contributed by atoms with E-state index in [9.17, 15) is 23.7 Å². The van der Waals surface area contributed by atoms with Crippen LogP contribution in [0, 0.1) is 0 Å². The largest absolute Gasteiger partial charge is 0.380 e. The topological polar surface area (TPSA) is 122 Å². The lowest BCUT2D eigenvalue weighted by Crippen LogP contribution is -2.54. The van der Waals surface area contributed by atoms with Crippen molar-refractivity contribution < 1.29 is 28.3 Å². The van der Waals surface area contributed by atoms with E-state index in [0.29, 0.717) is 12.2 Å². The van der Waals surface area contributed by atoms with Crippen LogP contribution in [0.4, 0.5) is 5.69 Å². The molecule has 0 spiro atoms. The number of anilines is 1. The minimum Gasteiger partial charge on any atom is -0.380 e. The quantitative estimate of drug-likeness (QED) is 0.502. The number of amides is 4. The molecule has 31 heavy (non-hydrogen) atoms. The second-order valence-electron chi connectivity index (χ2n) is 7.19. The molecule has 0 bridgehead atoms. The fourth-order valence-corrected chi connectivity index (χ4v) is 3.92. The van der Waals surface area contributed by atoms with Crippen LogP contribution in [0.15, 0.2) is 42.5 Å². The first kappa shape index (κ1) is 20.8. The maximum atomic E-state index is 13.1. The van der Waals surface area contributed by atoms with E-state index < -0.39 is 29.7 Å². The average molecular weight is 439 g/mol. The molecule has 4 rings (SSSR count). The van der Waals surface area contributed by atoms with Gasteiger partial charge in [0.15, 0.2) is 0 Å². The molecule has 2 heterocycles. The summed E-state index contributed by atoms with van der Waals surface area (Å²) < 4.78 is 15.2. The number of imide groups is 2. The van der Waals surface area contributed by atoms with E-state index in [-0.39, 0.29) is 39.3 Å². The SMILES string of the molecule is O=POCc1ccc(CNc2cccc3c2C(=O)N(C2CCC(=O)NC2=O)C3=O)cc1. The molecule has 10 heteroatoms. The minimum absolute atomic E-state index is 0.0737. The number of rotatable bonds is 7. The number of hydrogen-bond acceptors (Lipinski definition) is 7. The zero-order valence-corrected chi connectivity index (χ0v) is 17.2. The van der Waals surface area contributed by atoms with Crippen LogP contribution in [0.1, 0.15) is 44.7 Å². The van der Waals surface area contributed by atoms with Crippen LogP contribution in [-0.4, -0.2) is 34.6 Å². The van der Waals surface area contributed by atoms with Crippen molar-refractivity contribution in [3.63, 3.8) is 0 Å². The number of nitrogens with one attached hydrogen (secondary N) is 2. The Morgan fingerprint density at radius 1 is 1.03 bits per heavy atom. The van der Waals surface area contributed by atoms with Crippen LogP contribution in [0.2, 0.25) is 0 Å². The highest BCUT2D eigenvalue weighted by molar-refractivity contribution is 7.17. The highest BCUT2D eigenvalue weighted by atomic mass is 31.1. The predicted molar refractivity (Wildman–Crippen MR) is 109 cm³/mol. The van der Waals surface area contributed by atoms with Gasteiger partial charge in [-0.3, -0.25) is 33.9 Å². The maximum Gasteiger partial charge on any atom is 0.327 e. The lowest BCUT2D eigenvalue weighted by atomic mass is 10.0. The maximum absolute atomic E-state index is 13.1. The lowest BCUT2D eigenvalue weighted by molar-refractivity contribution is -0.136. The van der Waals surface area contributed by atoms with Gasteiger partial charge in [0.25, 0.3) is 11.8 Å². The van der Waals surface area contributed by atoms with Gasteiger partial charge >= 0.3 is 8.69 Å². The second kappa shape index (κ2) is 8.75. The molecule has 1 fully saturated rings. The molecule has 0 aromatic heterocycles. The number of nitrogens with zero attached hydrogens (tertiary/aromatic N) is 1. The second-order valence-corrected chi connectivity index (χ2v) is 7.60. The van der Waals surface area contributed by atoms with Crippen LogP contribution in [0.3, 0.4) is 0 Å². The summed E-state index contributed by atoms with van der Waals surface area (Å²) in [5, 5.41) is 5.37. The summed E-state index contributed by atoms with van der Waals surface area (Å²) in [5.74, 6) is -2.15. The Kier molecular flexibility index (Phi) is 5.88. The fourth-order valence-electron chi connectivity index (χ4n) is 3.71.